The van der Waals surface area contributed by atoms with Crippen LogP contribution >= 0.6 is 0 Å². The standard InChI is InChI=1S/C18H20BN3O2/c1-17(2)18(3,4)24-19(23-17)15-11-20-12-16-14(15)10-21-22(16)13-8-6-5-7-9-13/h5-12H,1-4H3. The summed E-state index contributed by atoms with van der Waals surface area (Å²) in [5.74, 6) is 0. The summed E-state index contributed by atoms with van der Waals surface area (Å²) in [5, 5.41) is 5.53. The van der Waals surface area contributed by atoms with E-state index in [0.717, 1.165) is 22.1 Å². The van der Waals surface area contributed by atoms with Crippen LogP contribution in [0.15, 0.2) is 48.9 Å². The molecule has 0 saturated carbocycles. The Bertz CT molecular complexity index is 874. The van der Waals surface area contributed by atoms with Crippen LogP contribution in [-0.4, -0.2) is 33.1 Å². The van der Waals surface area contributed by atoms with Crippen molar-refractivity contribution in [3.63, 3.8) is 0 Å². The van der Waals surface area contributed by atoms with Crippen molar-refractivity contribution in [2.75, 3.05) is 0 Å². The van der Waals surface area contributed by atoms with Gasteiger partial charge in [-0.05, 0) is 39.8 Å². The van der Waals surface area contributed by atoms with Crippen LogP contribution in [0.25, 0.3) is 16.6 Å². The minimum absolute atomic E-state index is 0.380. The van der Waals surface area contributed by atoms with E-state index in [1.807, 2.05) is 81.3 Å². The lowest BCUT2D eigenvalue weighted by molar-refractivity contribution is 0.00578. The number of aromatic nitrogens is 3. The number of benzene rings is 1. The molecule has 0 N–H and O–H groups in total. The van der Waals surface area contributed by atoms with Gasteiger partial charge >= 0.3 is 7.12 Å². The summed E-state index contributed by atoms with van der Waals surface area (Å²) in [4.78, 5) is 4.39. The second-order valence-electron chi connectivity index (χ2n) is 7.14. The minimum atomic E-state index is -0.445. The predicted molar refractivity (Wildman–Crippen MR) is 94.6 cm³/mol. The molecule has 1 aromatic carbocycles. The summed E-state index contributed by atoms with van der Waals surface area (Å²) >= 11 is 0. The number of hydrogen-bond acceptors (Lipinski definition) is 4. The lowest BCUT2D eigenvalue weighted by atomic mass is 9.78. The highest BCUT2D eigenvalue weighted by Gasteiger charge is 2.52. The van der Waals surface area contributed by atoms with E-state index in [1.165, 1.54) is 0 Å². The van der Waals surface area contributed by atoms with Crippen LogP contribution in [0.5, 0.6) is 0 Å². The molecule has 0 aliphatic carbocycles. The van der Waals surface area contributed by atoms with E-state index in [-0.39, 0.29) is 11.2 Å². The van der Waals surface area contributed by atoms with Crippen molar-refractivity contribution in [2.45, 2.75) is 38.9 Å². The van der Waals surface area contributed by atoms with Gasteiger partial charge in [0.1, 0.15) is 0 Å². The first kappa shape index (κ1) is 15.4. The smallest absolute Gasteiger partial charge is 0.399 e. The second-order valence-corrected chi connectivity index (χ2v) is 7.14. The molecule has 4 rings (SSSR count). The molecule has 1 aliphatic rings. The molecular formula is C18H20BN3O2. The Hall–Kier alpha value is -2.18. The molecular weight excluding hydrogens is 301 g/mol. The Labute approximate surface area is 141 Å². The van der Waals surface area contributed by atoms with E-state index in [4.69, 9.17) is 9.31 Å². The van der Waals surface area contributed by atoms with Gasteiger partial charge in [-0.25, -0.2) is 4.68 Å². The quantitative estimate of drug-likeness (QED) is 0.681. The van der Waals surface area contributed by atoms with Gasteiger partial charge in [0, 0.05) is 17.0 Å². The van der Waals surface area contributed by atoms with E-state index in [2.05, 4.69) is 10.1 Å². The van der Waals surface area contributed by atoms with Crippen LogP contribution in [0.4, 0.5) is 0 Å². The first-order chi connectivity index (χ1) is 11.4. The molecule has 0 atom stereocenters. The van der Waals surface area contributed by atoms with Gasteiger partial charge in [-0.1, -0.05) is 18.2 Å². The fraction of sp³-hybridized carbons (Fsp3) is 0.333. The molecule has 1 saturated heterocycles. The molecule has 0 unspecified atom stereocenters. The van der Waals surface area contributed by atoms with Gasteiger partial charge in [0.15, 0.2) is 0 Å². The molecule has 6 heteroatoms. The maximum Gasteiger partial charge on any atom is 0.497 e. The van der Waals surface area contributed by atoms with E-state index in [0.29, 0.717) is 0 Å². The van der Waals surface area contributed by atoms with Crippen LogP contribution in [0.1, 0.15) is 27.7 Å². The third-order valence-corrected chi connectivity index (χ3v) is 5.04. The largest absolute Gasteiger partial charge is 0.497 e. The first-order valence-corrected chi connectivity index (χ1v) is 8.12. The Morgan fingerprint density at radius 3 is 2.25 bits per heavy atom. The van der Waals surface area contributed by atoms with E-state index in [9.17, 15) is 0 Å². The third-order valence-electron chi connectivity index (χ3n) is 5.04. The third kappa shape index (κ3) is 2.25. The number of nitrogens with zero attached hydrogens (tertiary/aromatic N) is 3. The Morgan fingerprint density at radius 1 is 0.917 bits per heavy atom. The number of rotatable bonds is 2. The zero-order chi connectivity index (χ0) is 16.9. The number of hydrogen-bond donors (Lipinski definition) is 0. The summed E-state index contributed by atoms with van der Waals surface area (Å²) in [6.45, 7) is 8.20. The fourth-order valence-corrected chi connectivity index (χ4v) is 2.90. The molecule has 2 aromatic heterocycles. The van der Waals surface area contributed by atoms with Crippen molar-refractivity contribution in [1.29, 1.82) is 0 Å². The predicted octanol–water partition coefficient (Wildman–Crippen LogP) is 2.72. The molecule has 24 heavy (non-hydrogen) atoms. The summed E-state index contributed by atoms with van der Waals surface area (Å²) in [6, 6.07) is 10.0. The zero-order valence-electron chi connectivity index (χ0n) is 14.4. The van der Waals surface area contributed by atoms with Crippen molar-refractivity contribution < 1.29 is 9.31 Å². The Morgan fingerprint density at radius 2 is 1.58 bits per heavy atom. The number of para-hydroxylation sites is 1. The highest BCUT2D eigenvalue weighted by Crippen LogP contribution is 2.37. The highest BCUT2D eigenvalue weighted by molar-refractivity contribution is 6.65. The first-order valence-electron chi connectivity index (χ1n) is 8.12. The molecule has 122 valence electrons. The molecule has 0 radical (unpaired) electrons. The molecule has 3 aromatic rings. The minimum Gasteiger partial charge on any atom is -0.399 e. The van der Waals surface area contributed by atoms with Crippen molar-refractivity contribution >= 4 is 23.5 Å². The molecule has 3 heterocycles. The van der Waals surface area contributed by atoms with E-state index >= 15 is 0 Å². The average Bonchev–Trinajstić information content (AvgIpc) is 3.06. The summed E-state index contributed by atoms with van der Waals surface area (Å²) in [6.07, 6.45) is 5.48. The monoisotopic (exact) mass is 321 g/mol. The van der Waals surface area contributed by atoms with Gasteiger partial charge in [-0.2, -0.15) is 5.10 Å². The SMILES string of the molecule is CC1(C)OB(c2cncc3c2cnn3-c2ccccc2)OC1(C)C. The van der Waals surface area contributed by atoms with Crippen molar-refractivity contribution in [3.8, 4) is 5.69 Å². The van der Waals surface area contributed by atoms with Crippen LogP contribution < -0.4 is 5.46 Å². The van der Waals surface area contributed by atoms with Crippen LogP contribution in [0, 0.1) is 0 Å². The fourth-order valence-electron chi connectivity index (χ4n) is 2.90. The summed E-state index contributed by atoms with van der Waals surface area (Å²) in [5.41, 5.74) is 2.09. The van der Waals surface area contributed by atoms with Crippen LogP contribution in [0.3, 0.4) is 0 Å². The van der Waals surface area contributed by atoms with Crippen molar-refractivity contribution in [1.82, 2.24) is 14.8 Å². The van der Waals surface area contributed by atoms with Gasteiger partial charge < -0.3 is 9.31 Å². The molecule has 1 fully saturated rings. The van der Waals surface area contributed by atoms with Gasteiger partial charge in [0.2, 0.25) is 0 Å². The van der Waals surface area contributed by atoms with Gasteiger partial charge in [0.25, 0.3) is 0 Å². The van der Waals surface area contributed by atoms with Crippen LogP contribution in [-0.2, 0) is 9.31 Å². The van der Waals surface area contributed by atoms with Gasteiger partial charge in [0.05, 0.1) is 34.8 Å². The molecule has 1 aliphatic heterocycles. The highest BCUT2D eigenvalue weighted by atomic mass is 16.7. The molecule has 0 spiro atoms. The maximum absolute atomic E-state index is 6.17. The van der Waals surface area contributed by atoms with Crippen molar-refractivity contribution in [2.24, 2.45) is 0 Å². The lowest BCUT2D eigenvalue weighted by Crippen LogP contribution is -2.41. The Kier molecular flexibility index (Phi) is 3.30. The lowest BCUT2D eigenvalue weighted by Gasteiger charge is -2.32. The van der Waals surface area contributed by atoms with Crippen molar-refractivity contribution in [3.05, 3.63) is 48.9 Å². The maximum atomic E-state index is 6.17. The van der Waals surface area contributed by atoms with Crippen LogP contribution in [0.2, 0.25) is 0 Å². The number of fused-ring (bicyclic) bond motifs is 1. The summed E-state index contributed by atoms with van der Waals surface area (Å²) in [7, 11) is -0.445. The van der Waals surface area contributed by atoms with E-state index in [1.54, 1.807) is 0 Å². The van der Waals surface area contributed by atoms with Gasteiger partial charge in [-0.3, -0.25) is 4.98 Å². The molecule has 0 amide bonds. The summed E-state index contributed by atoms with van der Waals surface area (Å²) < 4.78 is 14.2. The Balaban J connectivity index is 1.81. The molecule has 5 nitrogen and oxygen atoms in total. The van der Waals surface area contributed by atoms with Gasteiger partial charge in [-0.15, -0.1) is 0 Å². The normalized spacial score (nSPS) is 19.1. The average molecular weight is 321 g/mol. The topological polar surface area (TPSA) is 49.2 Å². The molecule has 0 bridgehead atoms. The van der Waals surface area contributed by atoms with E-state index < -0.39 is 7.12 Å². The number of pyridine rings is 1. The second kappa shape index (κ2) is 5.16. The zero-order valence-corrected chi connectivity index (χ0v) is 14.4.